The number of anilines is 5. The second-order valence-corrected chi connectivity index (χ2v) is 17.6. The Morgan fingerprint density at radius 2 is 1.19 bits per heavy atom. The van der Waals surface area contributed by atoms with E-state index in [4.69, 9.17) is 6.58 Å². The quantitative estimate of drug-likeness (QED) is 0.143. The Labute approximate surface area is 379 Å². The molecule has 312 valence electrons. The van der Waals surface area contributed by atoms with Gasteiger partial charge in [0.25, 0.3) is 0 Å². The fraction of sp³-hybridized carbons (Fsp3) is 0.129. The van der Waals surface area contributed by atoms with Gasteiger partial charge in [0.2, 0.25) is 0 Å². The molecule has 7 aromatic carbocycles. The predicted molar refractivity (Wildman–Crippen MR) is 274 cm³/mol. The first-order valence-electron chi connectivity index (χ1n) is 22.6. The number of allylic oxidation sites excluding steroid dienone is 5. The number of aryl methyl sites for hydroxylation is 4. The highest BCUT2D eigenvalue weighted by Gasteiger charge is 2.39. The summed E-state index contributed by atoms with van der Waals surface area (Å²) < 4.78 is 0. The molecule has 0 aliphatic heterocycles. The second kappa shape index (κ2) is 17.0. The molecule has 0 amide bonds. The average molecular weight is 827 g/mol. The lowest BCUT2D eigenvalue weighted by Crippen LogP contribution is -2.34. The van der Waals surface area contributed by atoms with E-state index in [0.29, 0.717) is 0 Å². The lowest BCUT2D eigenvalue weighted by atomic mass is 9.71. The molecule has 2 heteroatoms. The van der Waals surface area contributed by atoms with Crippen molar-refractivity contribution in [2.45, 2.75) is 46.6 Å². The standard InChI is InChI=1S/C62H54N2/c1-7-15-52-45(6)61(63(48-32-24-41(2)25-33-48)49-34-26-42(3)27-35-49)56-21-11-8-18-53(56)59(52)46-16-14-17-47(40-46)60-54-19-9-12-22-57(54)62(58-23-13-10-20-55(58)60)64(50-36-28-43(4)29-37-50)51-38-30-44(5)31-39-51/h7,9-17,19-40,57,62H,1,6,8,18H2,2-5H3/b52-15+. The molecule has 2 atom stereocenters. The Kier molecular flexibility index (Phi) is 10.8. The van der Waals surface area contributed by atoms with Gasteiger partial charge in [-0.2, -0.15) is 0 Å². The van der Waals surface area contributed by atoms with Crippen molar-refractivity contribution < 1.29 is 0 Å². The smallest absolute Gasteiger partial charge is 0.0701 e. The van der Waals surface area contributed by atoms with Crippen LogP contribution in [0, 0.1) is 33.6 Å². The van der Waals surface area contributed by atoms with Gasteiger partial charge in [0, 0.05) is 34.2 Å². The molecule has 10 rings (SSSR count). The largest absolute Gasteiger partial charge is 0.333 e. The van der Waals surface area contributed by atoms with Crippen molar-refractivity contribution in [2.75, 3.05) is 9.80 Å². The van der Waals surface area contributed by atoms with Gasteiger partial charge in [-0.3, -0.25) is 0 Å². The Morgan fingerprint density at radius 1 is 0.609 bits per heavy atom. The van der Waals surface area contributed by atoms with E-state index in [-0.39, 0.29) is 12.0 Å². The van der Waals surface area contributed by atoms with E-state index in [1.54, 1.807) is 0 Å². The van der Waals surface area contributed by atoms with Crippen LogP contribution in [0.2, 0.25) is 0 Å². The molecule has 2 nitrogen and oxygen atoms in total. The number of nitrogens with zero attached hydrogens (tertiary/aromatic N) is 2. The lowest BCUT2D eigenvalue weighted by molar-refractivity contribution is 0.573. The van der Waals surface area contributed by atoms with Crippen LogP contribution < -0.4 is 20.2 Å². The number of rotatable bonds is 9. The minimum Gasteiger partial charge on any atom is -0.333 e. The van der Waals surface area contributed by atoms with Crippen LogP contribution in [-0.2, 0) is 6.42 Å². The molecular weight excluding hydrogens is 773 g/mol. The maximum atomic E-state index is 4.94. The predicted octanol–water partition coefficient (Wildman–Crippen LogP) is 14.8. The summed E-state index contributed by atoms with van der Waals surface area (Å²) in [6.45, 7) is 17.8. The average Bonchev–Trinajstić information content (AvgIpc) is 3.32. The SMILES string of the molecule is C=C/C=c1/c(-c2cccc(C3=C4C=CC=CC4C(N(c4ccc(C)cc4)c4ccc(C)cc4)c4ccccc43)c2)c2c(c(N(c3ccc(C)cc3)c3ccc(C)cc3)c1=C)C=CCC2. The van der Waals surface area contributed by atoms with Crippen LogP contribution >= 0.6 is 0 Å². The Bertz CT molecular complexity index is 3070. The molecule has 0 bridgehead atoms. The van der Waals surface area contributed by atoms with Gasteiger partial charge in [0.05, 0.1) is 11.7 Å². The summed E-state index contributed by atoms with van der Waals surface area (Å²) >= 11 is 0. The van der Waals surface area contributed by atoms with Gasteiger partial charge in [0.15, 0.2) is 0 Å². The molecule has 2 unspecified atom stereocenters. The van der Waals surface area contributed by atoms with Crippen molar-refractivity contribution >= 4 is 52.7 Å². The van der Waals surface area contributed by atoms with Crippen LogP contribution in [-0.4, -0.2) is 0 Å². The molecule has 0 saturated heterocycles. The number of hydrogen-bond donors (Lipinski definition) is 0. The summed E-state index contributed by atoms with van der Waals surface area (Å²) in [4.78, 5) is 4.96. The molecule has 3 aliphatic rings. The minimum absolute atomic E-state index is 0.0311. The summed E-state index contributed by atoms with van der Waals surface area (Å²) in [5.41, 5.74) is 22.0. The monoisotopic (exact) mass is 826 g/mol. The fourth-order valence-electron chi connectivity index (χ4n) is 10.2. The van der Waals surface area contributed by atoms with Crippen molar-refractivity contribution in [1.82, 2.24) is 0 Å². The van der Waals surface area contributed by atoms with E-state index in [1.807, 2.05) is 6.08 Å². The third-order valence-electron chi connectivity index (χ3n) is 13.3. The van der Waals surface area contributed by atoms with Gasteiger partial charge in [0.1, 0.15) is 0 Å². The molecule has 3 aliphatic carbocycles. The normalized spacial score (nSPS) is 16.3. The van der Waals surface area contributed by atoms with Gasteiger partial charge >= 0.3 is 0 Å². The first-order chi connectivity index (χ1) is 31.3. The minimum atomic E-state index is 0.0311. The van der Waals surface area contributed by atoms with Crippen LogP contribution in [0.15, 0.2) is 194 Å². The second-order valence-electron chi connectivity index (χ2n) is 17.6. The first kappa shape index (κ1) is 40.6. The number of hydrogen-bond acceptors (Lipinski definition) is 2. The zero-order valence-electron chi connectivity index (χ0n) is 37.4. The Morgan fingerprint density at radius 3 is 1.80 bits per heavy atom. The highest BCUT2D eigenvalue weighted by molar-refractivity contribution is 5.93. The zero-order chi connectivity index (χ0) is 43.9. The Balaban J connectivity index is 1.17. The maximum Gasteiger partial charge on any atom is 0.0701 e. The third-order valence-corrected chi connectivity index (χ3v) is 13.3. The first-order valence-corrected chi connectivity index (χ1v) is 22.6. The van der Waals surface area contributed by atoms with Gasteiger partial charge < -0.3 is 9.80 Å². The van der Waals surface area contributed by atoms with Gasteiger partial charge in [-0.15, -0.1) is 0 Å². The Hall–Kier alpha value is -7.42. The van der Waals surface area contributed by atoms with Crippen molar-refractivity contribution in [3.05, 3.63) is 255 Å². The molecule has 0 spiro atoms. The molecule has 0 heterocycles. The maximum absolute atomic E-state index is 4.94. The highest BCUT2D eigenvalue weighted by atomic mass is 15.2. The molecular formula is C62H54N2. The lowest BCUT2D eigenvalue weighted by Gasteiger charge is -2.44. The molecule has 0 fully saturated rings. The van der Waals surface area contributed by atoms with E-state index >= 15 is 0 Å². The number of fused-ring (bicyclic) bond motifs is 3. The van der Waals surface area contributed by atoms with Crippen LogP contribution in [0.3, 0.4) is 0 Å². The van der Waals surface area contributed by atoms with Gasteiger partial charge in [-0.1, -0.05) is 175 Å². The van der Waals surface area contributed by atoms with E-state index in [1.165, 1.54) is 83.7 Å². The summed E-state index contributed by atoms with van der Waals surface area (Å²) in [6.07, 6.45) is 19.9. The zero-order valence-corrected chi connectivity index (χ0v) is 37.4. The van der Waals surface area contributed by atoms with Crippen molar-refractivity contribution in [3.8, 4) is 11.1 Å². The fourth-order valence-corrected chi connectivity index (χ4v) is 10.2. The van der Waals surface area contributed by atoms with E-state index < -0.39 is 0 Å². The molecule has 0 N–H and O–H groups in total. The van der Waals surface area contributed by atoms with Crippen LogP contribution in [0.4, 0.5) is 28.4 Å². The van der Waals surface area contributed by atoms with Gasteiger partial charge in [-0.05, 0) is 150 Å². The third kappa shape index (κ3) is 7.29. The summed E-state index contributed by atoms with van der Waals surface area (Å²) in [7, 11) is 0. The molecule has 0 radical (unpaired) electrons. The summed E-state index contributed by atoms with van der Waals surface area (Å²) in [6, 6.07) is 54.1. The van der Waals surface area contributed by atoms with E-state index in [2.05, 4.69) is 232 Å². The summed E-state index contributed by atoms with van der Waals surface area (Å²) in [5.74, 6) is 0.101. The van der Waals surface area contributed by atoms with Crippen molar-refractivity contribution in [1.29, 1.82) is 0 Å². The van der Waals surface area contributed by atoms with Gasteiger partial charge in [-0.25, -0.2) is 0 Å². The van der Waals surface area contributed by atoms with Crippen molar-refractivity contribution in [2.24, 2.45) is 5.92 Å². The number of benzene rings is 7. The highest BCUT2D eigenvalue weighted by Crippen LogP contribution is 2.52. The topological polar surface area (TPSA) is 6.48 Å². The molecule has 0 saturated carbocycles. The molecule has 0 aromatic heterocycles. The van der Waals surface area contributed by atoms with Crippen LogP contribution in [0.1, 0.15) is 62.5 Å². The molecule has 7 aromatic rings. The summed E-state index contributed by atoms with van der Waals surface area (Å²) in [5, 5.41) is 2.08. The van der Waals surface area contributed by atoms with Crippen LogP contribution in [0.5, 0.6) is 0 Å². The van der Waals surface area contributed by atoms with E-state index in [0.717, 1.165) is 40.3 Å². The van der Waals surface area contributed by atoms with Crippen molar-refractivity contribution in [3.63, 3.8) is 0 Å². The van der Waals surface area contributed by atoms with Crippen LogP contribution in [0.25, 0.3) is 35.4 Å². The van der Waals surface area contributed by atoms with E-state index in [9.17, 15) is 0 Å². The molecule has 64 heavy (non-hydrogen) atoms.